The van der Waals surface area contributed by atoms with E-state index in [1.54, 1.807) is 6.07 Å². The molecule has 1 N–H and O–H groups in total. The molecule has 0 aliphatic rings. The number of hydrogen-bond donors (Lipinski definition) is 1. The number of carboxylic acid groups (broad SMARTS) is 1. The number of benzene rings is 1. The van der Waals surface area contributed by atoms with Gasteiger partial charge in [0.1, 0.15) is 5.75 Å². The van der Waals surface area contributed by atoms with Crippen LogP contribution >= 0.6 is 23.2 Å². The van der Waals surface area contributed by atoms with Gasteiger partial charge in [-0.25, -0.2) is 9.78 Å². The second kappa shape index (κ2) is 5.20. The average Bonchev–Trinajstić information content (AvgIpc) is 2.27. The zero-order valence-corrected chi connectivity index (χ0v) is 10.3. The van der Waals surface area contributed by atoms with Gasteiger partial charge in [0.2, 0.25) is 0 Å². The molecule has 1 aromatic carbocycles. The van der Waals surface area contributed by atoms with Crippen molar-refractivity contribution in [3.63, 3.8) is 0 Å². The second-order valence-corrected chi connectivity index (χ2v) is 4.11. The number of carboxylic acids is 1. The first-order valence-corrected chi connectivity index (χ1v) is 5.50. The summed E-state index contributed by atoms with van der Waals surface area (Å²) < 4.78 is 5.28. The summed E-state index contributed by atoms with van der Waals surface area (Å²) in [6.45, 7) is 0. The molecule has 5 nitrogen and oxygen atoms in total. The van der Waals surface area contributed by atoms with E-state index in [4.69, 9.17) is 33.0 Å². The minimum atomic E-state index is -1.16. The van der Waals surface area contributed by atoms with Crippen molar-refractivity contribution >= 4 is 29.2 Å². The number of aromatic carboxylic acids is 1. The summed E-state index contributed by atoms with van der Waals surface area (Å²) in [6, 6.07) is 5.76. The maximum Gasteiger partial charge on any atom is 0.354 e. The average molecular weight is 285 g/mol. The molecule has 0 saturated heterocycles. The number of aromatic nitrogens is 2. The number of hydrogen-bond acceptors (Lipinski definition) is 4. The van der Waals surface area contributed by atoms with Crippen molar-refractivity contribution in [1.29, 1.82) is 0 Å². The van der Waals surface area contributed by atoms with Crippen molar-refractivity contribution < 1.29 is 14.6 Å². The van der Waals surface area contributed by atoms with Crippen LogP contribution in [-0.2, 0) is 0 Å². The lowest BCUT2D eigenvalue weighted by Crippen LogP contribution is -2.02. The topological polar surface area (TPSA) is 72.3 Å². The van der Waals surface area contributed by atoms with Crippen molar-refractivity contribution in [2.45, 2.75) is 0 Å². The van der Waals surface area contributed by atoms with Crippen molar-refractivity contribution in [3.05, 3.63) is 46.2 Å². The molecule has 7 heteroatoms. The van der Waals surface area contributed by atoms with Crippen LogP contribution in [-0.4, -0.2) is 21.0 Å². The van der Waals surface area contributed by atoms with Crippen LogP contribution in [0.5, 0.6) is 11.8 Å². The quantitative estimate of drug-likeness (QED) is 0.936. The minimum Gasteiger partial charge on any atom is -0.477 e. The summed E-state index contributed by atoms with van der Waals surface area (Å²) in [4.78, 5) is 18.2. The normalized spacial score (nSPS) is 10.1. The van der Waals surface area contributed by atoms with Crippen LogP contribution in [0.1, 0.15) is 10.5 Å². The minimum absolute atomic E-state index is 0.0896. The highest BCUT2D eigenvalue weighted by atomic mass is 35.5. The van der Waals surface area contributed by atoms with Gasteiger partial charge in [-0.3, -0.25) is 0 Å². The van der Waals surface area contributed by atoms with Gasteiger partial charge in [-0.1, -0.05) is 23.2 Å². The molecular formula is C11H6Cl2N2O3. The molecule has 0 aliphatic heterocycles. The Labute approximate surface area is 112 Å². The van der Waals surface area contributed by atoms with Gasteiger partial charge in [0, 0.05) is 16.2 Å². The summed E-state index contributed by atoms with van der Waals surface area (Å²) in [5.74, 6) is -0.832. The third-order valence-electron chi connectivity index (χ3n) is 1.90. The van der Waals surface area contributed by atoms with E-state index in [2.05, 4.69) is 9.97 Å². The Bertz CT molecular complexity index is 584. The molecule has 0 amide bonds. The van der Waals surface area contributed by atoms with Gasteiger partial charge in [-0.2, -0.15) is 4.98 Å². The van der Waals surface area contributed by atoms with Crippen LogP contribution in [0.3, 0.4) is 0 Å². The lowest BCUT2D eigenvalue weighted by atomic mass is 10.3. The number of halogens is 2. The van der Waals surface area contributed by atoms with E-state index < -0.39 is 5.97 Å². The summed E-state index contributed by atoms with van der Waals surface area (Å²) >= 11 is 11.6. The van der Waals surface area contributed by atoms with Gasteiger partial charge in [0.05, 0.1) is 0 Å². The summed E-state index contributed by atoms with van der Waals surface area (Å²) in [5.41, 5.74) is -0.159. The largest absolute Gasteiger partial charge is 0.477 e. The standard InChI is InChI=1S/C11H6Cl2N2O3/c12-6-3-7(13)5-8(4-6)18-11-14-2-1-9(15-11)10(16)17/h1-5H,(H,16,17). The van der Waals surface area contributed by atoms with Crippen LogP contribution in [0, 0.1) is 0 Å². The Morgan fingerprint density at radius 2 is 1.89 bits per heavy atom. The van der Waals surface area contributed by atoms with Gasteiger partial charge in [0.15, 0.2) is 5.69 Å². The summed E-state index contributed by atoms with van der Waals surface area (Å²) in [5, 5.41) is 9.57. The summed E-state index contributed by atoms with van der Waals surface area (Å²) in [7, 11) is 0. The fourth-order valence-electron chi connectivity index (χ4n) is 1.20. The molecule has 92 valence electrons. The molecule has 0 fully saturated rings. The molecule has 2 rings (SSSR count). The Hall–Kier alpha value is -1.85. The summed E-state index contributed by atoms with van der Waals surface area (Å²) in [6.07, 6.45) is 1.29. The Balaban J connectivity index is 2.28. The lowest BCUT2D eigenvalue weighted by molar-refractivity contribution is 0.0689. The van der Waals surface area contributed by atoms with E-state index in [1.165, 1.54) is 24.4 Å². The van der Waals surface area contributed by atoms with Gasteiger partial charge in [-0.15, -0.1) is 0 Å². The third kappa shape index (κ3) is 3.09. The molecule has 0 aliphatic carbocycles. The smallest absolute Gasteiger partial charge is 0.354 e. The first-order valence-electron chi connectivity index (χ1n) is 4.75. The third-order valence-corrected chi connectivity index (χ3v) is 2.33. The van der Waals surface area contributed by atoms with Crippen LogP contribution in [0.2, 0.25) is 10.0 Å². The monoisotopic (exact) mass is 284 g/mol. The lowest BCUT2D eigenvalue weighted by Gasteiger charge is -2.05. The van der Waals surface area contributed by atoms with Gasteiger partial charge >= 0.3 is 12.0 Å². The zero-order chi connectivity index (χ0) is 13.1. The molecule has 0 radical (unpaired) electrons. The fourth-order valence-corrected chi connectivity index (χ4v) is 1.71. The maximum absolute atomic E-state index is 10.7. The molecule has 0 spiro atoms. The van der Waals surface area contributed by atoms with Crippen molar-refractivity contribution in [3.8, 4) is 11.8 Å². The second-order valence-electron chi connectivity index (χ2n) is 3.24. The predicted octanol–water partition coefficient (Wildman–Crippen LogP) is 3.27. The molecule has 0 saturated carbocycles. The highest BCUT2D eigenvalue weighted by molar-refractivity contribution is 6.34. The van der Waals surface area contributed by atoms with Crippen molar-refractivity contribution in [2.75, 3.05) is 0 Å². The van der Waals surface area contributed by atoms with Crippen molar-refractivity contribution in [2.24, 2.45) is 0 Å². The first-order chi connectivity index (χ1) is 8.54. The molecule has 1 aromatic heterocycles. The maximum atomic E-state index is 10.7. The van der Waals surface area contributed by atoms with E-state index in [0.29, 0.717) is 15.8 Å². The Morgan fingerprint density at radius 3 is 2.50 bits per heavy atom. The van der Waals surface area contributed by atoms with Crippen molar-refractivity contribution in [1.82, 2.24) is 9.97 Å². The zero-order valence-electron chi connectivity index (χ0n) is 8.80. The van der Waals surface area contributed by atoms with Crippen LogP contribution < -0.4 is 4.74 Å². The van der Waals surface area contributed by atoms with E-state index in [1.807, 2.05) is 0 Å². The van der Waals surface area contributed by atoms with Gasteiger partial charge in [-0.05, 0) is 24.3 Å². The molecular weight excluding hydrogens is 279 g/mol. The SMILES string of the molecule is O=C(O)c1ccnc(Oc2cc(Cl)cc(Cl)c2)n1. The number of carbonyl (C=O) groups is 1. The highest BCUT2D eigenvalue weighted by Crippen LogP contribution is 2.26. The fraction of sp³-hybridized carbons (Fsp3) is 0. The number of nitrogens with zero attached hydrogens (tertiary/aromatic N) is 2. The molecule has 0 bridgehead atoms. The Morgan fingerprint density at radius 1 is 1.22 bits per heavy atom. The van der Waals surface area contributed by atoms with E-state index in [9.17, 15) is 4.79 Å². The number of ether oxygens (including phenoxy) is 1. The van der Waals surface area contributed by atoms with E-state index >= 15 is 0 Å². The number of rotatable bonds is 3. The van der Waals surface area contributed by atoms with Crippen LogP contribution in [0.4, 0.5) is 0 Å². The van der Waals surface area contributed by atoms with Gasteiger partial charge in [0.25, 0.3) is 0 Å². The molecule has 0 atom stereocenters. The molecule has 18 heavy (non-hydrogen) atoms. The molecule has 1 heterocycles. The van der Waals surface area contributed by atoms with E-state index in [-0.39, 0.29) is 11.7 Å². The van der Waals surface area contributed by atoms with E-state index in [0.717, 1.165) is 0 Å². The molecule has 0 unspecified atom stereocenters. The van der Waals surface area contributed by atoms with Gasteiger partial charge < -0.3 is 9.84 Å². The molecule has 2 aromatic rings. The predicted molar refractivity (Wildman–Crippen MR) is 65.5 cm³/mol. The van der Waals surface area contributed by atoms with Crippen LogP contribution in [0.15, 0.2) is 30.5 Å². The Kier molecular flexibility index (Phi) is 3.64. The van der Waals surface area contributed by atoms with Crippen LogP contribution in [0.25, 0.3) is 0 Å². The first kappa shape index (κ1) is 12.6. The highest BCUT2D eigenvalue weighted by Gasteiger charge is 2.08.